The van der Waals surface area contributed by atoms with E-state index in [9.17, 15) is 14.4 Å². The van der Waals surface area contributed by atoms with Crippen LogP contribution in [0.1, 0.15) is 46.8 Å². The van der Waals surface area contributed by atoms with Crippen LogP contribution in [0.25, 0.3) is 0 Å². The van der Waals surface area contributed by atoms with E-state index in [0.717, 1.165) is 30.8 Å². The number of anilines is 1. The van der Waals surface area contributed by atoms with E-state index in [1.165, 1.54) is 11.3 Å². The Morgan fingerprint density at radius 3 is 2.74 bits per heavy atom. The van der Waals surface area contributed by atoms with E-state index < -0.39 is 6.04 Å². The molecule has 7 nitrogen and oxygen atoms in total. The number of benzene rings is 2. The molecule has 160 valence electrons. The van der Waals surface area contributed by atoms with Crippen LogP contribution >= 0.6 is 0 Å². The number of carbonyl (C=O) groups is 3. The summed E-state index contributed by atoms with van der Waals surface area (Å²) in [6, 6.07) is 14.2. The number of piperidine rings is 1. The van der Waals surface area contributed by atoms with Crippen LogP contribution < -0.4 is 15.5 Å². The van der Waals surface area contributed by atoms with Gasteiger partial charge in [-0.05, 0) is 42.2 Å². The topological polar surface area (TPSA) is 81.8 Å². The number of hydrogen-bond donors (Lipinski definition) is 2. The first kappa shape index (κ1) is 19.8. The molecule has 0 bridgehead atoms. The van der Waals surface area contributed by atoms with Crippen molar-refractivity contribution in [2.24, 2.45) is 0 Å². The van der Waals surface area contributed by atoms with Crippen LogP contribution in [0.5, 0.6) is 0 Å². The molecule has 0 aliphatic carbocycles. The van der Waals surface area contributed by atoms with Gasteiger partial charge < -0.3 is 15.1 Å². The summed E-state index contributed by atoms with van der Waals surface area (Å²) in [6.45, 7) is 5.10. The second-order valence-corrected chi connectivity index (χ2v) is 8.68. The Hall–Kier alpha value is -3.19. The van der Waals surface area contributed by atoms with Gasteiger partial charge in [-0.25, -0.2) is 0 Å². The second-order valence-electron chi connectivity index (χ2n) is 8.68. The van der Waals surface area contributed by atoms with Crippen molar-refractivity contribution in [2.75, 3.05) is 11.4 Å². The van der Waals surface area contributed by atoms with Crippen LogP contribution in [0.15, 0.2) is 42.5 Å². The molecule has 0 radical (unpaired) electrons. The summed E-state index contributed by atoms with van der Waals surface area (Å²) in [5, 5.41) is 5.91. The van der Waals surface area contributed by atoms with Crippen LogP contribution in [0, 0.1) is 0 Å². The van der Waals surface area contributed by atoms with Gasteiger partial charge in [-0.1, -0.05) is 30.3 Å². The minimum atomic E-state index is -0.578. The van der Waals surface area contributed by atoms with Gasteiger partial charge in [0.15, 0.2) is 0 Å². The summed E-state index contributed by atoms with van der Waals surface area (Å²) in [5.74, 6) is -0.775. The molecule has 2 aromatic carbocycles. The van der Waals surface area contributed by atoms with Gasteiger partial charge >= 0.3 is 0 Å². The summed E-state index contributed by atoms with van der Waals surface area (Å²) < 4.78 is 0. The fourth-order valence-corrected chi connectivity index (χ4v) is 4.84. The van der Waals surface area contributed by atoms with Crippen molar-refractivity contribution < 1.29 is 14.4 Å². The molecule has 2 unspecified atom stereocenters. The van der Waals surface area contributed by atoms with Gasteiger partial charge in [-0.3, -0.25) is 19.7 Å². The molecule has 31 heavy (non-hydrogen) atoms. The van der Waals surface area contributed by atoms with Crippen molar-refractivity contribution in [3.8, 4) is 0 Å². The van der Waals surface area contributed by atoms with Crippen molar-refractivity contribution >= 4 is 23.4 Å². The standard InChI is InChI=1S/C24H26N4O3/c1-15-12-27(20-5-3-2-4-17(20)11-25-15)13-16-6-7-19-18(10-16)14-28(24(19)31)21-8-9-22(29)26-23(21)30/h2-7,10,15,21,25H,8-9,11-14H2,1H3,(H,26,29,30). The lowest BCUT2D eigenvalue weighted by molar-refractivity contribution is -0.136. The summed E-state index contributed by atoms with van der Waals surface area (Å²) in [4.78, 5) is 40.6. The summed E-state index contributed by atoms with van der Waals surface area (Å²) >= 11 is 0. The Labute approximate surface area is 181 Å². The van der Waals surface area contributed by atoms with Gasteiger partial charge in [-0.2, -0.15) is 0 Å². The SMILES string of the molecule is CC1CN(Cc2ccc3c(c2)CN(C2CCC(=O)NC2=O)C3=O)c2ccccc2CN1. The van der Waals surface area contributed by atoms with Gasteiger partial charge in [0.05, 0.1) is 0 Å². The van der Waals surface area contributed by atoms with Gasteiger partial charge in [0.2, 0.25) is 11.8 Å². The molecule has 3 amide bonds. The predicted molar refractivity (Wildman–Crippen MR) is 116 cm³/mol. The number of amides is 3. The fourth-order valence-electron chi connectivity index (χ4n) is 4.84. The van der Waals surface area contributed by atoms with Crippen LogP contribution in [0.3, 0.4) is 0 Å². The lowest BCUT2D eigenvalue weighted by Gasteiger charge is -2.29. The highest BCUT2D eigenvalue weighted by atomic mass is 16.2. The van der Waals surface area contributed by atoms with Gasteiger partial charge in [-0.15, -0.1) is 0 Å². The van der Waals surface area contributed by atoms with E-state index in [4.69, 9.17) is 0 Å². The Balaban J connectivity index is 1.37. The number of hydrogen-bond acceptors (Lipinski definition) is 5. The number of fused-ring (bicyclic) bond motifs is 2. The molecule has 3 aliphatic heterocycles. The molecule has 2 N–H and O–H groups in total. The minimum absolute atomic E-state index is 0.131. The summed E-state index contributed by atoms with van der Waals surface area (Å²) in [6.07, 6.45) is 0.648. The van der Waals surface area contributed by atoms with Crippen molar-refractivity contribution in [1.82, 2.24) is 15.5 Å². The highest BCUT2D eigenvalue weighted by molar-refractivity contribution is 6.05. The van der Waals surface area contributed by atoms with Crippen molar-refractivity contribution in [3.63, 3.8) is 0 Å². The molecule has 1 fully saturated rings. The zero-order valence-corrected chi connectivity index (χ0v) is 17.6. The third-order valence-corrected chi connectivity index (χ3v) is 6.43. The first-order chi connectivity index (χ1) is 15.0. The molecule has 0 spiro atoms. The molecule has 2 atom stereocenters. The summed E-state index contributed by atoms with van der Waals surface area (Å²) in [7, 11) is 0. The van der Waals surface area contributed by atoms with Crippen molar-refractivity contribution in [1.29, 1.82) is 0 Å². The average molecular weight is 418 g/mol. The van der Waals surface area contributed by atoms with Crippen LogP contribution in [0.2, 0.25) is 0 Å². The predicted octanol–water partition coefficient (Wildman–Crippen LogP) is 1.95. The normalized spacial score (nSPS) is 23.3. The van der Waals surface area contributed by atoms with Gasteiger partial charge in [0, 0.05) is 49.9 Å². The van der Waals surface area contributed by atoms with Gasteiger partial charge in [0.25, 0.3) is 5.91 Å². The number of nitrogens with one attached hydrogen (secondary N) is 2. The molecule has 3 aliphatic rings. The molecular weight excluding hydrogens is 392 g/mol. The quantitative estimate of drug-likeness (QED) is 0.745. The maximum Gasteiger partial charge on any atom is 0.255 e. The molecule has 2 aromatic rings. The fraction of sp³-hybridized carbons (Fsp3) is 0.375. The lowest BCUT2D eigenvalue weighted by Crippen LogP contribution is -2.52. The monoisotopic (exact) mass is 418 g/mol. The number of para-hydroxylation sites is 1. The minimum Gasteiger partial charge on any atom is -0.365 e. The van der Waals surface area contributed by atoms with Gasteiger partial charge in [0.1, 0.15) is 6.04 Å². The van der Waals surface area contributed by atoms with E-state index in [2.05, 4.69) is 52.8 Å². The van der Waals surface area contributed by atoms with E-state index >= 15 is 0 Å². The maximum atomic E-state index is 12.9. The third-order valence-electron chi connectivity index (χ3n) is 6.43. The zero-order chi connectivity index (χ0) is 21.5. The van der Waals surface area contributed by atoms with E-state index in [-0.39, 0.29) is 24.1 Å². The maximum absolute atomic E-state index is 12.9. The molecule has 1 saturated heterocycles. The van der Waals surface area contributed by atoms with Crippen LogP contribution in [-0.4, -0.2) is 41.2 Å². The molecule has 0 saturated carbocycles. The third kappa shape index (κ3) is 3.70. The van der Waals surface area contributed by atoms with E-state index in [1.807, 2.05) is 12.1 Å². The smallest absolute Gasteiger partial charge is 0.255 e. The van der Waals surface area contributed by atoms with Crippen LogP contribution in [-0.2, 0) is 29.2 Å². The molecule has 7 heteroatoms. The number of imide groups is 1. The Bertz CT molecular complexity index is 1070. The van der Waals surface area contributed by atoms with Crippen molar-refractivity contribution in [2.45, 2.75) is 51.5 Å². The zero-order valence-electron chi connectivity index (χ0n) is 17.6. The molecule has 3 heterocycles. The Morgan fingerprint density at radius 2 is 1.90 bits per heavy atom. The Kier molecular flexibility index (Phi) is 4.98. The molecule has 0 aromatic heterocycles. The number of nitrogens with zero attached hydrogens (tertiary/aromatic N) is 2. The first-order valence-corrected chi connectivity index (χ1v) is 10.8. The first-order valence-electron chi connectivity index (χ1n) is 10.8. The highest BCUT2D eigenvalue weighted by Gasteiger charge is 2.39. The Morgan fingerprint density at radius 1 is 1.06 bits per heavy atom. The highest BCUT2D eigenvalue weighted by Crippen LogP contribution is 2.30. The summed E-state index contributed by atoms with van der Waals surface area (Å²) in [5.41, 5.74) is 5.26. The number of carbonyl (C=O) groups excluding carboxylic acids is 3. The lowest BCUT2D eigenvalue weighted by atomic mass is 10.0. The van der Waals surface area contributed by atoms with E-state index in [1.54, 1.807) is 4.90 Å². The van der Waals surface area contributed by atoms with E-state index in [0.29, 0.717) is 24.6 Å². The average Bonchev–Trinajstić information content (AvgIpc) is 2.98. The molecule has 5 rings (SSSR count). The van der Waals surface area contributed by atoms with Crippen LogP contribution in [0.4, 0.5) is 5.69 Å². The molecular formula is C24H26N4O3. The van der Waals surface area contributed by atoms with Crippen molar-refractivity contribution in [3.05, 3.63) is 64.7 Å². The number of rotatable bonds is 3. The second kappa shape index (κ2) is 7.81. The largest absolute Gasteiger partial charge is 0.365 e.